The Balaban J connectivity index is 0.00000162. The number of nitrogens with zero attached hydrogens (tertiary/aromatic N) is 2. The second-order valence-corrected chi connectivity index (χ2v) is 4.61. The normalized spacial score (nSPS) is 16.9. The fraction of sp³-hybridized carbons (Fsp3) is 0.583. The summed E-state index contributed by atoms with van der Waals surface area (Å²) >= 11 is 0. The van der Waals surface area contributed by atoms with Gasteiger partial charge in [-0.25, -0.2) is 9.97 Å². The number of anilines is 1. The van der Waals surface area contributed by atoms with Gasteiger partial charge in [0.25, 0.3) is 0 Å². The van der Waals surface area contributed by atoms with Crippen LogP contribution in [0.1, 0.15) is 32.1 Å². The van der Waals surface area contributed by atoms with Crippen LogP contribution in [0, 0.1) is 5.92 Å². The summed E-state index contributed by atoms with van der Waals surface area (Å²) in [6.07, 6.45) is 10.3. The molecular formula is C12H19ClN4O. The van der Waals surface area contributed by atoms with Gasteiger partial charge in [-0.05, 0) is 12.3 Å². The molecule has 0 aliphatic heterocycles. The van der Waals surface area contributed by atoms with Crippen LogP contribution in [-0.4, -0.2) is 21.9 Å². The number of nitrogens with one attached hydrogen (secondary N) is 1. The first kappa shape index (κ1) is 14.9. The second-order valence-electron chi connectivity index (χ2n) is 4.61. The van der Waals surface area contributed by atoms with E-state index in [1.807, 2.05) is 0 Å². The summed E-state index contributed by atoms with van der Waals surface area (Å²) in [6.45, 7) is 0. The lowest BCUT2D eigenvalue weighted by Crippen LogP contribution is -2.37. The zero-order valence-electron chi connectivity index (χ0n) is 10.2. The van der Waals surface area contributed by atoms with Crippen molar-refractivity contribution in [2.24, 2.45) is 11.7 Å². The lowest BCUT2D eigenvalue weighted by Gasteiger charge is -2.15. The zero-order valence-corrected chi connectivity index (χ0v) is 11.0. The van der Waals surface area contributed by atoms with Crippen LogP contribution < -0.4 is 11.1 Å². The molecule has 1 aromatic rings. The largest absolute Gasteiger partial charge is 0.322 e. The van der Waals surface area contributed by atoms with E-state index in [4.69, 9.17) is 5.73 Å². The number of amides is 1. The van der Waals surface area contributed by atoms with Gasteiger partial charge in [-0.3, -0.25) is 4.79 Å². The number of nitrogens with two attached hydrogens (primary N) is 1. The molecular weight excluding hydrogens is 252 g/mol. The molecule has 0 radical (unpaired) electrons. The molecule has 1 aliphatic carbocycles. The fourth-order valence-corrected chi connectivity index (χ4v) is 2.31. The van der Waals surface area contributed by atoms with Crippen molar-refractivity contribution in [2.45, 2.75) is 38.1 Å². The van der Waals surface area contributed by atoms with Crippen LogP contribution in [-0.2, 0) is 4.79 Å². The van der Waals surface area contributed by atoms with Crippen molar-refractivity contribution in [3.8, 4) is 0 Å². The van der Waals surface area contributed by atoms with E-state index >= 15 is 0 Å². The summed E-state index contributed by atoms with van der Waals surface area (Å²) in [6, 6.07) is -0.432. The van der Waals surface area contributed by atoms with Crippen LogP contribution >= 0.6 is 12.4 Å². The Bertz CT molecular complexity index is 368. The van der Waals surface area contributed by atoms with Crippen LogP contribution in [0.3, 0.4) is 0 Å². The van der Waals surface area contributed by atoms with Gasteiger partial charge in [0.15, 0.2) is 0 Å². The van der Waals surface area contributed by atoms with Crippen LogP contribution in [0.15, 0.2) is 18.7 Å². The minimum atomic E-state index is -0.432. The molecule has 1 amide bonds. The highest BCUT2D eigenvalue weighted by molar-refractivity contribution is 5.94. The number of hydrogen-bond acceptors (Lipinski definition) is 4. The number of hydrogen-bond donors (Lipinski definition) is 2. The standard InChI is InChI=1S/C12H18N4O.ClH/c13-11(5-9-3-1-2-4-9)12(17)16-10-6-14-8-15-7-10;/h6-9,11H,1-5,13H2,(H,16,17);1H/t11-;/m0./s1. The summed E-state index contributed by atoms with van der Waals surface area (Å²) in [4.78, 5) is 19.5. The molecule has 1 atom stereocenters. The highest BCUT2D eigenvalue weighted by atomic mass is 35.5. The number of carbonyl (C=O) groups is 1. The molecule has 0 spiro atoms. The summed E-state index contributed by atoms with van der Waals surface area (Å²) in [5.74, 6) is 0.467. The van der Waals surface area contributed by atoms with Crippen molar-refractivity contribution < 1.29 is 4.79 Å². The molecule has 1 fully saturated rings. The van der Waals surface area contributed by atoms with Gasteiger partial charge in [-0.1, -0.05) is 25.7 Å². The first-order valence-electron chi connectivity index (χ1n) is 6.07. The van der Waals surface area contributed by atoms with Gasteiger partial charge in [0.1, 0.15) is 6.33 Å². The topological polar surface area (TPSA) is 80.9 Å². The monoisotopic (exact) mass is 270 g/mol. The molecule has 0 aromatic carbocycles. The molecule has 0 bridgehead atoms. The molecule has 3 N–H and O–H groups in total. The molecule has 6 heteroatoms. The maximum Gasteiger partial charge on any atom is 0.241 e. The van der Waals surface area contributed by atoms with Crippen molar-refractivity contribution in [1.29, 1.82) is 0 Å². The van der Waals surface area contributed by atoms with Crippen LogP contribution in [0.5, 0.6) is 0 Å². The third kappa shape index (κ3) is 4.23. The van der Waals surface area contributed by atoms with Gasteiger partial charge in [0.05, 0.1) is 24.1 Å². The summed E-state index contributed by atoms with van der Waals surface area (Å²) in [5.41, 5.74) is 6.49. The zero-order chi connectivity index (χ0) is 12.1. The van der Waals surface area contributed by atoms with Gasteiger partial charge in [-0.15, -0.1) is 12.4 Å². The summed E-state index contributed by atoms with van der Waals surface area (Å²) in [5, 5.41) is 2.73. The average molecular weight is 271 g/mol. The number of aromatic nitrogens is 2. The van der Waals surface area contributed by atoms with E-state index in [0.29, 0.717) is 11.6 Å². The molecule has 2 rings (SSSR count). The Kier molecular flexibility index (Phi) is 6.01. The fourth-order valence-electron chi connectivity index (χ4n) is 2.31. The number of carbonyl (C=O) groups excluding carboxylic acids is 1. The van der Waals surface area contributed by atoms with Gasteiger partial charge in [0.2, 0.25) is 5.91 Å². The maximum atomic E-state index is 11.8. The first-order valence-corrected chi connectivity index (χ1v) is 6.07. The lowest BCUT2D eigenvalue weighted by atomic mass is 9.98. The van der Waals surface area contributed by atoms with Crippen LogP contribution in [0.25, 0.3) is 0 Å². The third-order valence-electron chi connectivity index (χ3n) is 3.23. The predicted molar refractivity (Wildman–Crippen MR) is 72.5 cm³/mol. The van der Waals surface area contributed by atoms with E-state index in [1.165, 1.54) is 32.0 Å². The molecule has 5 nitrogen and oxygen atoms in total. The molecule has 100 valence electrons. The Morgan fingerprint density at radius 1 is 1.39 bits per heavy atom. The van der Waals surface area contributed by atoms with E-state index in [2.05, 4.69) is 15.3 Å². The molecule has 0 unspecified atom stereocenters. The minimum absolute atomic E-state index is 0. The van der Waals surface area contributed by atoms with Crippen LogP contribution in [0.2, 0.25) is 0 Å². The van der Waals surface area contributed by atoms with E-state index < -0.39 is 6.04 Å². The van der Waals surface area contributed by atoms with Crippen molar-refractivity contribution >= 4 is 24.0 Å². The van der Waals surface area contributed by atoms with E-state index in [1.54, 1.807) is 12.4 Å². The van der Waals surface area contributed by atoms with E-state index in [9.17, 15) is 4.79 Å². The number of rotatable bonds is 4. The van der Waals surface area contributed by atoms with Crippen molar-refractivity contribution in [3.63, 3.8) is 0 Å². The summed E-state index contributed by atoms with van der Waals surface area (Å²) in [7, 11) is 0. The second kappa shape index (κ2) is 7.28. The molecule has 1 saturated carbocycles. The lowest BCUT2D eigenvalue weighted by molar-refractivity contribution is -0.117. The minimum Gasteiger partial charge on any atom is -0.322 e. The Morgan fingerprint density at radius 3 is 2.61 bits per heavy atom. The van der Waals surface area contributed by atoms with Gasteiger partial charge in [-0.2, -0.15) is 0 Å². The van der Waals surface area contributed by atoms with Gasteiger partial charge in [0, 0.05) is 0 Å². The highest BCUT2D eigenvalue weighted by Crippen LogP contribution is 2.28. The Hall–Kier alpha value is -1.20. The van der Waals surface area contributed by atoms with Crippen molar-refractivity contribution in [2.75, 3.05) is 5.32 Å². The van der Waals surface area contributed by atoms with Crippen molar-refractivity contribution in [1.82, 2.24) is 9.97 Å². The molecule has 1 aliphatic rings. The van der Waals surface area contributed by atoms with E-state index in [-0.39, 0.29) is 18.3 Å². The van der Waals surface area contributed by atoms with Crippen LogP contribution in [0.4, 0.5) is 5.69 Å². The molecule has 1 heterocycles. The SMILES string of the molecule is Cl.N[C@@H](CC1CCCC1)C(=O)Nc1cncnc1. The van der Waals surface area contributed by atoms with Gasteiger partial charge >= 0.3 is 0 Å². The predicted octanol–water partition coefficient (Wildman–Crippen LogP) is 1.74. The molecule has 0 saturated heterocycles. The Labute approximate surface area is 113 Å². The average Bonchev–Trinajstić information content (AvgIpc) is 2.83. The van der Waals surface area contributed by atoms with Gasteiger partial charge < -0.3 is 11.1 Å². The number of halogens is 1. The smallest absolute Gasteiger partial charge is 0.241 e. The Morgan fingerprint density at radius 2 is 2.00 bits per heavy atom. The highest BCUT2D eigenvalue weighted by Gasteiger charge is 2.22. The third-order valence-corrected chi connectivity index (χ3v) is 3.23. The first-order chi connectivity index (χ1) is 8.25. The van der Waals surface area contributed by atoms with E-state index in [0.717, 1.165) is 6.42 Å². The quantitative estimate of drug-likeness (QED) is 0.873. The molecule has 1 aromatic heterocycles. The maximum absolute atomic E-state index is 11.8. The molecule has 18 heavy (non-hydrogen) atoms. The summed E-state index contributed by atoms with van der Waals surface area (Å²) < 4.78 is 0. The van der Waals surface area contributed by atoms with Crippen molar-refractivity contribution in [3.05, 3.63) is 18.7 Å².